The van der Waals surface area contributed by atoms with Gasteiger partial charge in [0, 0.05) is 18.0 Å². The summed E-state index contributed by atoms with van der Waals surface area (Å²) in [4.78, 5) is 11.8. The van der Waals surface area contributed by atoms with E-state index in [9.17, 15) is 30.3 Å². The number of aryl methyl sites for hydroxylation is 2. The van der Waals surface area contributed by atoms with Crippen molar-refractivity contribution in [2.45, 2.75) is 69.4 Å². The van der Waals surface area contributed by atoms with Crippen molar-refractivity contribution >= 4 is 16.9 Å². The zero-order valence-corrected chi connectivity index (χ0v) is 21.9. The summed E-state index contributed by atoms with van der Waals surface area (Å²) in [7, 11) is 0. The number of hydrogen-bond acceptors (Lipinski definition) is 9. The second-order valence-electron chi connectivity index (χ2n) is 10.1. The summed E-state index contributed by atoms with van der Waals surface area (Å²) in [6.45, 7) is 0.846. The average molecular weight is 544 g/mol. The summed E-state index contributed by atoms with van der Waals surface area (Å²) in [5, 5.41) is 59.9. The van der Waals surface area contributed by atoms with Gasteiger partial charge in [-0.3, -0.25) is 4.79 Å². The van der Waals surface area contributed by atoms with Gasteiger partial charge >= 0.3 is 5.97 Å². The molecule has 6 atom stereocenters. The van der Waals surface area contributed by atoms with Crippen molar-refractivity contribution in [3.8, 4) is 0 Å². The Balaban J connectivity index is 1.47. The Hall–Kier alpha value is -2.83. The van der Waals surface area contributed by atoms with Crippen LogP contribution in [0.2, 0.25) is 0 Å². The first-order chi connectivity index (χ1) is 18.7. The SMILES string of the molecule is Cc1cccc2c1c(Cc1ccc(CCCC(=O)OC[C@H](O)CO)cc1)cn2[C@@H]1O[C@H](CO)[C@@H](O)[C@H](O)[C@H]1O. The number of hydrogen-bond donors (Lipinski definition) is 6. The van der Waals surface area contributed by atoms with E-state index in [-0.39, 0.29) is 13.0 Å². The molecule has 3 aromatic rings. The summed E-state index contributed by atoms with van der Waals surface area (Å²) in [5.74, 6) is -0.412. The summed E-state index contributed by atoms with van der Waals surface area (Å²) >= 11 is 0. The number of aromatic nitrogens is 1. The molecule has 0 spiro atoms. The van der Waals surface area contributed by atoms with E-state index in [1.807, 2.05) is 55.6 Å². The Labute approximate surface area is 226 Å². The van der Waals surface area contributed by atoms with Crippen LogP contribution in [0.3, 0.4) is 0 Å². The summed E-state index contributed by atoms with van der Waals surface area (Å²) in [6.07, 6.45) is -3.33. The van der Waals surface area contributed by atoms with Crippen molar-refractivity contribution in [1.29, 1.82) is 0 Å². The van der Waals surface area contributed by atoms with Gasteiger partial charge in [0.1, 0.15) is 37.1 Å². The number of carbonyl (C=O) groups is 1. The van der Waals surface area contributed by atoms with E-state index >= 15 is 0 Å². The lowest BCUT2D eigenvalue weighted by Crippen LogP contribution is -2.56. The second kappa shape index (κ2) is 13.0. The Morgan fingerprint density at radius 3 is 2.44 bits per heavy atom. The van der Waals surface area contributed by atoms with E-state index in [0.717, 1.165) is 33.2 Å². The fourth-order valence-electron chi connectivity index (χ4n) is 5.04. The van der Waals surface area contributed by atoms with Crippen LogP contribution >= 0.6 is 0 Å². The molecule has 0 aliphatic carbocycles. The predicted molar refractivity (Wildman–Crippen MR) is 142 cm³/mol. The lowest BCUT2D eigenvalue weighted by atomic mass is 9.98. The van der Waals surface area contributed by atoms with Crippen LogP contribution < -0.4 is 0 Å². The minimum atomic E-state index is -1.46. The van der Waals surface area contributed by atoms with Crippen LogP contribution in [0.15, 0.2) is 48.7 Å². The smallest absolute Gasteiger partial charge is 0.305 e. The number of benzene rings is 2. The van der Waals surface area contributed by atoms with Crippen molar-refractivity contribution in [3.63, 3.8) is 0 Å². The first kappa shape index (κ1) is 29.2. The van der Waals surface area contributed by atoms with E-state index in [1.54, 1.807) is 4.57 Å². The van der Waals surface area contributed by atoms with Gasteiger partial charge in [-0.1, -0.05) is 36.4 Å². The molecule has 1 fully saturated rings. The predicted octanol–water partition coefficient (Wildman–Crippen LogP) is 0.732. The Morgan fingerprint density at radius 1 is 1.03 bits per heavy atom. The van der Waals surface area contributed by atoms with Gasteiger partial charge in [-0.25, -0.2) is 0 Å². The largest absolute Gasteiger partial charge is 0.463 e. The maximum Gasteiger partial charge on any atom is 0.305 e. The molecule has 0 radical (unpaired) electrons. The highest BCUT2D eigenvalue weighted by Crippen LogP contribution is 2.35. The molecule has 2 aromatic carbocycles. The van der Waals surface area contributed by atoms with Crippen molar-refractivity contribution in [2.75, 3.05) is 19.8 Å². The maximum atomic E-state index is 11.8. The molecule has 4 rings (SSSR count). The number of esters is 1. The molecule has 0 amide bonds. The zero-order valence-electron chi connectivity index (χ0n) is 21.9. The molecule has 1 saturated heterocycles. The molecule has 212 valence electrons. The van der Waals surface area contributed by atoms with Crippen LogP contribution in [0.1, 0.15) is 41.3 Å². The number of carbonyl (C=O) groups excluding carboxylic acids is 1. The van der Waals surface area contributed by atoms with Gasteiger partial charge in [-0.2, -0.15) is 0 Å². The van der Waals surface area contributed by atoms with Gasteiger partial charge in [0.25, 0.3) is 0 Å². The number of aliphatic hydroxyl groups excluding tert-OH is 6. The van der Waals surface area contributed by atoms with E-state index in [0.29, 0.717) is 19.3 Å². The molecule has 6 N–H and O–H groups in total. The second-order valence-corrected chi connectivity index (χ2v) is 10.1. The van der Waals surface area contributed by atoms with Gasteiger partial charge in [0.05, 0.1) is 18.7 Å². The normalized spacial score (nSPS) is 24.1. The van der Waals surface area contributed by atoms with E-state index in [1.165, 1.54) is 0 Å². The molecular weight excluding hydrogens is 506 g/mol. The molecule has 0 bridgehead atoms. The fraction of sp³-hybridized carbons (Fsp3) is 0.483. The van der Waals surface area contributed by atoms with Gasteiger partial charge in [0.15, 0.2) is 6.23 Å². The van der Waals surface area contributed by atoms with Crippen LogP contribution in [-0.4, -0.2) is 91.5 Å². The highest BCUT2D eigenvalue weighted by Gasteiger charge is 2.44. The fourth-order valence-corrected chi connectivity index (χ4v) is 5.04. The van der Waals surface area contributed by atoms with Crippen LogP contribution in [-0.2, 0) is 27.1 Å². The third kappa shape index (κ3) is 6.67. The van der Waals surface area contributed by atoms with E-state index in [4.69, 9.17) is 14.6 Å². The average Bonchev–Trinajstić information content (AvgIpc) is 3.30. The Kier molecular flexibility index (Phi) is 9.73. The summed E-state index contributed by atoms with van der Waals surface area (Å²) in [5.41, 5.74) is 4.99. The van der Waals surface area contributed by atoms with Gasteiger partial charge < -0.3 is 44.7 Å². The molecule has 39 heavy (non-hydrogen) atoms. The van der Waals surface area contributed by atoms with Crippen LogP contribution in [0, 0.1) is 6.92 Å². The number of aliphatic hydroxyl groups is 6. The van der Waals surface area contributed by atoms with Crippen molar-refractivity contribution in [2.24, 2.45) is 0 Å². The molecule has 0 saturated carbocycles. The van der Waals surface area contributed by atoms with Crippen LogP contribution in [0.4, 0.5) is 0 Å². The third-order valence-electron chi connectivity index (χ3n) is 7.20. The lowest BCUT2D eigenvalue weighted by molar-refractivity contribution is -0.250. The van der Waals surface area contributed by atoms with Gasteiger partial charge in [-0.15, -0.1) is 0 Å². The highest BCUT2D eigenvalue weighted by molar-refractivity contribution is 5.87. The van der Waals surface area contributed by atoms with Crippen molar-refractivity contribution < 1.29 is 44.9 Å². The topological polar surface area (TPSA) is 162 Å². The number of fused-ring (bicyclic) bond motifs is 1. The third-order valence-corrected chi connectivity index (χ3v) is 7.20. The summed E-state index contributed by atoms with van der Waals surface area (Å²) in [6, 6.07) is 13.9. The standard InChI is InChI=1S/C29H37NO9/c1-17-4-2-6-22-25(17)20(13-30(22)29-28(37)27(36)26(35)23(15-32)39-29)12-19-10-8-18(9-11-19)5-3-7-24(34)38-16-21(33)14-31/h2,4,6,8-11,13,21,23,26-29,31-33,35-37H,3,5,7,12,14-16H2,1H3/t21-,23-,26-,27+,28-,29-/m1/s1. The minimum absolute atomic E-state index is 0.212. The molecule has 1 aromatic heterocycles. The number of nitrogens with zero attached hydrogens (tertiary/aromatic N) is 1. The van der Waals surface area contributed by atoms with Crippen molar-refractivity contribution in [1.82, 2.24) is 4.57 Å². The Bertz CT molecular complexity index is 1240. The zero-order chi connectivity index (χ0) is 28.1. The summed E-state index contributed by atoms with van der Waals surface area (Å²) < 4.78 is 12.5. The first-order valence-electron chi connectivity index (χ1n) is 13.1. The van der Waals surface area contributed by atoms with E-state index in [2.05, 4.69) is 0 Å². The first-order valence-corrected chi connectivity index (χ1v) is 13.1. The van der Waals surface area contributed by atoms with Gasteiger partial charge in [0.2, 0.25) is 0 Å². The molecular formula is C29H37NO9. The molecule has 1 aliphatic heterocycles. The van der Waals surface area contributed by atoms with E-state index < -0.39 is 55.9 Å². The number of rotatable bonds is 11. The molecule has 1 aliphatic rings. The lowest BCUT2D eigenvalue weighted by Gasteiger charge is -2.40. The van der Waals surface area contributed by atoms with Gasteiger partial charge in [-0.05, 0) is 54.5 Å². The molecule has 2 heterocycles. The van der Waals surface area contributed by atoms with Crippen LogP contribution in [0.25, 0.3) is 10.9 Å². The molecule has 10 heteroatoms. The minimum Gasteiger partial charge on any atom is -0.463 e. The number of ether oxygens (including phenoxy) is 2. The quantitative estimate of drug-likeness (QED) is 0.192. The molecule has 0 unspecified atom stereocenters. The molecule has 10 nitrogen and oxygen atoms in total. The van der Waals surface area contributed by atoms with Crippen LogP contribution in [0.5, 0.6) is 0 Å². The highest BCUT2D eigenvalue weighted by atomic mass is 16.6. The Morgan fingerprint density at radius 2 is 1.74 bits per heavy atom. The monoisotopic (exact) mass is 543 g/mol. The van der Waals surface area contributed by atoms with Crippen molar-refractivity contribution in [3.05, 3.63) is 70.9 Å². The maximum absolute atomic E-state index is 11.8.